The summed E-state index contributed by atoms with van der Waals surface area (Å²) in [6, 6.07) is 6.68. The lowest BCUT2D eigenvalue weighted by atomic mass is 9.75. The highest BCUT2D eigenvalue weighted by atomic mass is 16.5. The Kier molecular flexibility index (Phi) is 8.32. The van der Waals surface area contributed by atoms with Gasteiger partial charge in [0, 0.05) is 50.5 Å². The molecule has 39 heavy (non-hydrogen) atoms. The quantitative estimate of drug-likeness (QED) is 0.539. The zero-order chi connectivity index (χ0) is 27.4. The van der Waals surface area contributed by atoms with Crippen LogP contribution in [0, 0.1) is 11.3 Å². The van der Waals surface area contributed by atoms with E-state index >= 15 is 0 Å². The molecule has 1 spiro atoms. The number of carbonyl (C=O) groups is 3. The number of benzene rings is 1. The second-order valence-corrected chi connectivity index (χ2v) is 11.0. The molecular formula is C29H38N4O6. The van der Waals surface area contributed by atoms with E-state index in [4.69, 9.17) is 19.3 Å². The minimum Gasteiger partial charge on any atom is -0.462 e. The van der Waals surface area contributed by atoms with Crippen molar-refractivity contribution in [2.24, 2.45) is 11.3 Å². The van der Waals surface area contributed by atoms with Crippen molar-refractivity contribution in [2.75, 3.05) is 52.7 Å². The van der Waals surface area contributed by atoms with Gasteiger partial charge in [0.1, 0.15) is 5.69 Å². The third-order valence-electron chi connectivity index (χ3n) is 8.06. The molecule has 10 nitrogen and oxygen atoms in total. The van der Waals surface area contributed by atoms with Crippen molar-refractivity contribution >= 4 is 17.8 Å². The zero-order valence-electron chi connectivity index (χ0n) is 22.9. The second-order valence-electron chi connectivity index (χ2n) is 11.0. The molecule has 1 N–H and O–H groups in total. The molecule has 1 aromatic heterocycles. The number of carbonyl (C=O) groups excluding carboxylic acids is 3. The van der Waals surface area contributed by atoms with Crippen LogP contribution in [0.1, 0.15) is 69.2 Å². The summed E-state index contributed by atoms with van der Waals surface area (Å²) < 4.78 is 18.4. The van der Waals surface area contributed by atoms with Gasteiger partial charge in [-0.15, -0.1) is 0 Å². The van der Waals surface area contributed by atoms with E-state index in [-0.39, 0.29) is 29.8 Å². The first-order valence-electron chi connectivity index (χ1n) is 14.0. The van der Waals surface area contributed by atoms with Crippen molar-refractivity contribution in [3.8, 4) is 0 Å². The van der Waals surface area contributed by atoms with Crippen LogP contribution in [0.25, 0.3) is 0 Å². The van der Waals surface area contributed by atoms with E-state index in [9.17, 15) is 14.4 Å². The second kappa shape index (κ2) is 11.9. The number of nitrogens with one attached hydrogen (secondary N) is 1. The zero-order valence-corrected chi connectivity index (χ0v) is 22.9. The fourth-order valence-electron chi connectivity index (χ4n) is 5.75. The van der Waals surface area contributed by atoms with Gasteiger partial charge in [-0.1, -0.05) is 13.0 Å². The maximum Gasteiger partial charge on any atom is 0.338 e. The Morgan fingerprint density at radius 1 is 1.13 bits per heavy atom. The van der Waals surface area contributed by atoms with Crippen LogP contribution >= 0.6 is 0 Å². The number of aromatic nitrogens is 2. The number of fused-ring (bicyclic) bond motifs is 1. The van der Waals surface area contributed by atoms with Crippen LogP contribution in [0.2, 0.25) is 0 Å². The third kappa shape index (κ3) is 6.01. The fourth-order valence-corrected chi connectivity index (χ4v) is 5.75. The summed E-state index contributed by atoms with van der Waals surface area (Å²) in [4.78, 5) is 40.5. The number of rotatable bonds is 7. The SMILES string of the molecule is CCn1nc(C[C@@H](C)COC(=O)c2cccc(C(=O)N3CCOCC3)c2)c2c1C(=O)NCC1(CCOCC1)C2. The molecule has 0 aliphatic carbocycles. The molecule has 0 radical (unpaired) electrons. The number of hydrogen-bond donors (Lipinski definition) is 1. The molecule has 1 atom stereocenters. The number of nitrogens with zero attached hydrogens (tertiary/aromatic N) is 3. The van der Waals surface area contributed by atoms with Crippen molar-refractivity contribution in [1.82, 2.24) is 20.0 Å². The largest absolute Gasteiger partial charge is 0.462 e. The van der Waals surface area contributed by atoms with E-state index in [1.54, 1.807) is 33.8 Å². The number of esters is 1. The van der Waals surface area contributed by atoms with E-state index in [0.717, 1.165) is 30.5 Å². The molecule has 0 unspecified atom stereocenters. The van der Waals surface area contributed by atoms with E-state index in [1.807, 2.05) is 13.8 Å². The Morgan fingerprint density at radius 2 is 1.85 bits per heavy atom. The average molecular weight is 539 g/mol. The van der Waals surface area contributed by atoms with Gasteiger partial charge in [-0.25, -0.2) is 4.79 Å². The van der Waals surface area contributed by atoms with Crippen LogP contribution in [0.3, 0.4) is 0 Å². The minimum atomic E-state index is -0.461. The Bertz CT molecular complexity index is 1210. The molecule has 0 saturated carbocycles. The van der Waals surface area contributed by atoms with Crippen molar-refractivity contribution in [3.05, 3.63) is 52.3 Å². The van der Waals surface area contributed by atoms with Gasteiger partial charge < -0.3 is 24.4 Å². The van der Waals surface area contributed by atoms with Crippen molar-refractivity contribution in [1.29, 1.82) is 0 Å². The molecule has 2 fully saturated rings. The summed E-state index contributed by atoms with van der Waals surface area (Å²) >= 11 is 0. The highest BCUT2D eigenvalue weighted by Crippen LogP contribution is 2.38. The van der Waals surface area contributed by atoms with Gasteiger partial charge in [0.15, 0.2) is 0 Å². The van der Waals surface area contributed by atoms with Gasteiger partial charge in [-0.3, -0.25) is 14.3 Å². The predicted molar refractivity (Wildman–Crippen MR) is 143 cm³/mol. The molecule has 3 aliphatic heterocycles. The normalized spacial score (nSPS) is 19.6. The molecule has 1 aromatic carbocycles. The lowest BCUT2D eigenvalue weighted by molar-refractivity contribution is 0.0160. The molecule has 210 valence electrons. The summed E-state index contributed by atoms with van der Waals surface area (Å²) in [7, 11) is 0. The number of hydrogen-bond acceptors (Lipinski definition) is 7. The third-order valence-corrected chi connectivity index (χ3v) is 8.06. The van der Waals surface area contributed by atoms with E-state index < -0.39 is 5.97 Å². The monoisotopic (exact) mass is 538 g/mol. The van der Waals surface area contributed by atoms with E-state index in [0.29, 0.717) is 75.8 Å². The molecule has 3 aliphatic rings. The van der Waals surface area contributed by atoms with Gasteiger partial charge >= 0.3 is 5.97 Å². The molecule has 2 aromatic rings. The van der Waals surface area contributed by atoms with Crippen molar-refractivity contribution in [2.45, 2.75) is 46.1 Å². The lowest BCUT2D eigenvalue weighted by Crippen LogP contribution is -2.40. The van der Waals surface area contributed by atoms with Crippen molar-refractivity contribution in [3.63, 3.8) is 0 Å². The summed E-state index contributed by atoms with van der Waals surface area (Å²) in [6.45, 7) is 8.99. The van der Waals surface area contributed by atoms with E-state index in [1.165, 1.54) is 0 Å². The Balaban J connectivity index is 1.25. The standard InChI is InChI=1S/C29H38N4O6/c1-3-33-25-23(17-29(19-30-26(25)34)7-11-37-12-8-29)24(31-33)15-20(2)18-39-28(36)22-6-4-5-21(16-22)27(35)32-9-13-38-14-10-32/h4-6,16,20H,3,7-15,17-19H2,1-2H3,(H,30,34)/t20-/m1/s1. The van der Waals surface area contributed by atoms with Gasteiger partial charge in [0.25, 0.3) is 11.8 Å². The van der Waals surface area contributed by atoms with Crippen LogP contribution in [0.4, 0.5) is 0 Å². The summed E-state index contributed by atoms with van der Waals surface area (Å²) in [5, 5.41) is 7.95. The highest BCUT2D eigenvalue weighted by Gasteiger charge is 2.39. The van der Waals surface area contributed by atoms with Crippen LogP contribution < -0.4 is 5.32 Å². The van der Waals surface area contributed by atoms with Gasteiger partial charge in [0.05, 0.1) is 31.1 Å². The van der Waals surface area contributed by atoms with Gasteiger partial charge in [-0.05, 0) is 62.1 Å². The first-order chi connectivity index (χ1) is 18.9. The van der Waals surface area contributed by atoms with Gasteiger partial charge in [0.2, 0.25) is 0 Å². The fraction of sp³-hybridized carbons (Fsp3) is 0.586. The number of amides is 2. The topological polar surface area (TPSA) is 112 Å². The van der Waals surface area contributed by atoms with Crippen LogP contribution in [0.15, 0.2) is 24.3 Å². The molecule has 2 saturated heterocycles. The molecule has 5 rings (SSSR count). The smallest absolute Gasteiger partial charge is 0.338 e. The summed E-state index contributed by atoms with van der Waals surface area (Å²) in [5.74, 6) is -0.648. The Hall–Kier alpha value is -3.24. The molecule has 4 heterocycles. The molecular weight excluding hydrogens is 500 g/mol. The Labute approximate surface area is 229 Å². The number of ether oxygens (including phenoxy) is 3. The number of aryl methyl sites for hydroxylation is 1. The summed E-state index contributed by atoms with van der Waals surface area (Å²) in [5.41, 5.74) is 3.37. The van der Waals surface area contributed by atoms with Crippen LogP contribution in [0.5, 0.6) is 0 Å². The molecule has 0 bridgehead atoms. The maximum absolute atomic E-state index is 13.1. The lowest BCUT2D eigenvalue weighted by Gasteiger charge is -2.36. The molecule has 10 heteroatoms. The minimum absolute atomic E-state index is 0.00614. The van der Waals surface area contributed by atoms with Crippen LogP contribution in [-0.2, 0) is 33.6 Å². The Morgan fingerprint density at radius 3 is 2.59 bits per heavy atom. The average Bonchev–Trinajstić information content (AvgIpc) is 3.24. The van der Waals surface area contributed by atoms with Crippen LogP contribution in [-0.4, -0.2) is 85.1 Å². The molecule has 2 amide bonds. The number of morpholine rings is 1. The maximum atomic E-state index is 13.1. The predicted octanol–water partition coefficient (Wildman–Crippen LogP) is 2.49. The van der Waals surface area contributed by atoms with Crippen molar-refractivity contribution < 1.29 is 28.6 Å². The summed E-state index contributed by atoms with van der Waals surface area (Å²) in [6.07, 6.45) is 3.20. The highest BCUT2D eigenvalue weighted by molar-refractivity contribution is 5.98. The first-order valence-corrected chi connectivity index (χ1v) is 14.0. The van der Waals surface area contributed by atoms with E-state index in [2.05, 4.69) is 5.32 Å². The van der Waals surface area contributed by atoms with Gasteiger partial charge in [-0.2, -0.15) is 5.10 Å². The first kappa shape index (κ1) is 27.3.